The summed E-state index contributed by atoms with van der Waals surface area (Å²) in [6.07, 6.45) is -3.79. The van der Waals surface area contributed by atoms with Crippen LogP contribution in [0.1, 0.15) is 0 Å². The fourth-order valence-electron chi connectivity index (χ4n) is 1.13. The molecule has 9 heteroatoms. The summed E-state index contributed by atoms with van der Waals surface area (Å²) in [4.78, 5) is 9.68. The molecule has 0 aliphatic rings. The molecule has 0 saturated carbocycles. The number of nitrogens with one attached hydrogen (secondary N) is 1. The summed E-state index contributed by atoms with van der Waals surface area (Å²) in [6, 6.07) is 3.13. The second-order valence-electron chi connectivity index (χ2n) is 3.45. The number of alkyl halides is 4. The van der Waals surface area contributed by atoms with Crippen molar-refractivity contribution in [1.82, 2.24) is 0 Å². The van der Waals surface area contributed by atoms with E-state index < -0.39 is 23.8 Å². The maximum absolute atomic E-state index is 12.6. The topological polar surface area (TPSA) is 81.2 Å². The van der Waals surface area contributed by atoms with Gasteiger partial charge in [-0.1, -0.05) is 0 Å². The Morgan fingerprint density at radius 2 is 2.06 bits per heavy atom. The van der Waals surface area contributed by atoms with E-state index in [1.165, 1.54) is 0 Å². The molecule has 0 aromatic heterocycles. The molecule has 0 saturated heterocycles. The average Bonchev–Trinajstić information content (AvgIpc) is 2.25. The first kappa shape index (κ1) is 14.0. The number of anilines is 2. The molecule has 0 aliphatic carbocycles. The molecular formula is C9H9F4N3O2. The molecule has 18 heavy (non-hydrogen) atoms. The molecule has 1 aromatic rings. The molecule has 100 valence electrons. The number of halogens is 4. The standard InChI is InChI=1S/C9H9F4N3O2/c10-8(11)9(12,13)4-15-5-1-2-7(16(17)18)6(14)3-5/h1-3,8,15H,4,14H2. The van der Waals surface area contributed by atoms with Crippen molar-refractivity contribution in [2.75, 3.05) is 17.6 Å². The molecule has 1 aromatic carbocycles. The SMILES string of the molecule is Nc1cc(NCC(F)(F)C(F)F)ccc1[N+](=O)[O-]. The Bertz CT molecular complexity index is 453. The van der Waals surface area contributed by atoms with E-state index in [0.717, 1.165) is 18.2 Å². The average molecular weight is 267 g/mol. The Labute approximate surface area is 98.7 Å². The normalized spacial score (nSPS) is 11.6. The van der Waals surface area contributed by atoms with Crippen LogP contribution in [0.4, 0.5) is 34.6 Å². The highest BCUT2D eigenvalue weighted by molar-refractivity contribution is 5.65. The van der Waals surface area contributed by atoms with Crippen LogP contribution < -0.4 is 11.1 Å². The third kappa shape index (κ3) is 3.22. The van der Waals surface area contributed by atoms with E-state index in [9.17, 15) is 27.7 Å². The van der Waals surface area contributed by atoms with Gasteiger partial charge in [0.05, 0.1) is 11.5 Å². The molecule has 0 fully saturated rings. The lowest BCUT2D eigenvalue weighted by atomic mass is 10.2. The van der Waals surface area contributed by atoms with Crippen LogP contribution in [0, 0.1) is 10.1 Å². The Balaban J connectivity index is 2.76. The van der Waals surface area contributed by atoms with Gasteiger partial charge in [-0.3, -0.25) is 10.1 Å². The van der Waals surface area contributed by atoms with Crippen molar-refractivity contribution in [3.63, 3.8) is 0 Å². The largest absolute Gasteiger partial charge is 0.393 e. The maximum atomic E-state index is 12.6. The number of hydrogen-bond acceptors (Lipinski definition) is 4. The highest BCUT2D eigenvalue weighted by Gasteiger charge is 2.40. The van der Waals surface area contributed by atoms with Crippen LogP contribution in [0.15, 0.2) is 18.2 Å². The molecule has 0 bridgehead atoms. The molecule has 5 nitrogen and oxygen atoms in total. The summed E-state index contributed by atoms with van der Waals surface area (Å²) in [5, 5.41) is 12.5. The Hall–Kier alpha value is -2.06. The summed E-state index contributed by atoms with van der Waals surface area (Å²) in [7, 11) is 0. The van der Waals surface area contributed by atoms with Crippen molar-refractivity contribution in [1.29, 1.82) is 0 Å². The van der Waals surface area contributed by atoms with Crippen molar-refractivity contribution in [2.45, 2.75) is 12.3 Å². The second-order valence-corrected chi connectivity index (χ2v) is 3.45. The lowest BCUT2D eigenvalue weighted by Gasteiger charge is -2.16. The minimum atomic E-state index is -4.18. The molecule has 0 radical (unpaired) electrons. The fraction of sp³-hybridized carbons (Fsp3) is 0.333. The van der Waals surface area contributed by atoms with Gasteiger partial charge in [0.1, 0.15) is 5.69 Å². The summed E-state index contributed by atoms with van der Waals surface area (Å²) >= 11 is 0. The molecule has 0 aliphatic heterocycles. The van der Waals surface area contributed by atoms with Crippen LogP contribution in [0.2, 0.25) is 0 Å². The monoisotopic (exact) mass is 267 g/mol. The molecule has 0 unspecified atom stereocenters. The van der Waals surface area contributed by atoms with E-state index in [0.29, 0.717) is 0 Å². The predicted molar refractivity (Wildman–Crippen MR) is 56.9 cm³/mol. The van der Waals surface area contributed by atoms with Gasteiger partial charge in [0, 0.05) is 11.8 Å². The van der Waals surface area contributed by atoms with Gasteiger partial charge >= 0.3 is 12.3 Å². The van der Waals surface area contributed by atoms with Crippen LogP contribution in [-0.2, 0) is 0 Å². The quantitative estimate of drug-likeness (QED) is 0.371. The number of nitrogens with zero attached hydrogens (tertiary/aromatic N) is 1. The lowest BCUT2D eigenvalue weighted by Crippen LogP contribution is -2.34. The van der Waals surface area contributed by atoms with E-state index in [-0.39, 0.29) is 17.1 Å². The van der Waals surface area contributed by atoms with Gasteiger partial charge in [-0.25, -0.2) is 8.78 Å². The van der Waals surface area contributed by atoms with E-state index in [2.05, 4.69) is 0 Å². The zero-order valence-electron chi connectivity index (χ0n) is 8.87. The van der Waals surface area contributed by atoms with Gasteiger partial charge in [0.15, 0.2) is 0 Å². The third-order valence-corrected chi connectivity index (χ3v) is 2.07. The molecular weight excluding hydrogens is 258 g/mol. The van der Waals surface area contributed by atoms with Crippen molar-refractivity contribution in [3.8, 4) is 0 Å². The molecule has 0 heterocycles. The molecule has 0 spiro atoms. The number of nitro benzene ring substituents is 1. The predicted octanol–water partition coefficient (Wildman–Crippen LogP) is 2.49. The zero-order valence-corrected chi connectivity index (χ0v) is 8.87. The minimum absolute atomic E-state index is 0.00146. The van der Waals surface area contributed by atoms with Gasteiger partial charge in [-0.05, 0) is 12.1 Å². The molecule has 0 atom stereocenters. The highest BCUT2D eigenvalue weighted by Crippen LogP contribution is 2.27. The minimum Gasteiger partial charge on any atom is -0.393 e. The van der Waals surface area contributed by atoms with Crippen molar-refractivity contribution >= 4 is 17.1 Å². The number of nitrogens with two attached hydrogens (primary N) is 1. The van der Waals surface area contributed by atoms with Crippen molar-refractivity contribution < 1.29 is 22.5 Å². The van der Waals surface area contributed by atoms with Gasteiger partial charge < -0.3 is 11.1 Å². The van der Waals surface area contributed by atoms with E-state index in [4.69, 9.17) is 5.73 Å². The van der Waals surface area contributed by atoms with Gasteiger partial charge in [-0.2, -0.15) is 8.78 Å². The second kappa shape index (κ2) is 5.07. The first-order valence-corrected chi connectivity index (χ1v) is 4.68. The fourth-order valence-corrected chi connectivity index (χ4v) is 1.13. The van der Waals surface area contributed by atoms with Crippen LogP contribution in [0.3, 0.4) is 0 Å². The van der Waals surface area contributed by atoms with E-state index in [1.54, 1.807) is 0 Å². The van der Waals surface area contributed by atoms with Gasteiger partial charge in [0.25, 0.3) is 5.69 Å². The summed E-state index contributed by atoms with van der Waals surface area (Å²) in [5.74, 6) is -4.18. The molecule has 1 rings (SSSR count). The Morgan fingerprint density at radius 3 is 2.50 bits per heavy atom. The highest BCUT2D eigenvalue weighted by atomic mass is 19.3. The van der Waals surface area contributed by atoms with Gasteiger partial charge in [0.2, 0.25) is 0 Å². The lowest BCUT2D eigenvalue weighted by molar-refractivity contribution is -0.383. The van der Waals surface area contributed by atoms with Gasteiger partial charge in [-0.15, -0.1) is 0 Å². The number of rotatable bonds is 5. The number of benzene rings is 1. The van der Waals surface area contributed by atoms with Crippen LogP contribution >= 0.6 is 0 Å². The number of nitrogen functional groups attached to an aromatic ring is 1. The third-order valence-electron chi connectivity index (χ3n) is 2.07. The first-order valence-electron chi connectivity index (χ1n) is 4.68. The van der Waals surface area contributed by atoms with Crippen LogP contribution in [0.25, 0.3) is 0 Å². The summed E-state index contributed by atoms with van der Waals surface area (Å²) < 4.78 is 48.9. The molecule has 0 amide bonds. The Kier molecular flexibility index (Phi) is 3.94. The van der Waals surface area contributed by atoms with E-state index >= 15 is 0 Å². The smallest absolute Gasteiger partial charge is 0.324 e. The number of hydrogen-bond donors (Lipinski definition) is 2. The molecule has 3 N–H and O–H groups in total. The number of nitro groups is 1. The van der Waals surface area contributed by atoms with Crippen molar-refractivity contribution in [3.05, 3.63) is 28.3 Å². The van der Waals surface area contributed by atoms with Crippen LogP contribution in [0.5, 0.6) is 0 Å². The summed E-state index contributed by atoms with van der Waals surface area (Å²) in [5.41, 5.74) is 4.67. The van der Waals surface area contributed by atoms with E-state index in [1.807, 2.05) is 5.32 Å². The van der Waals surface area contributed by atoms with Crippen LogP contribution in [-0.4, -0.2) is 23.8 Å². The summed E-state index contributed by atoms with van der Waals surface area (Å²) in [6.45, 7) is -1.29. The first-order chi connectivity index (χ1) is 8.24. The Morgan fingerprint density at radius 1 is 1.44 bits per heavy atom. The maximum Gasteiger partial charge on any atom is 0.324 e. The zero-order chi connectivity index (χ0) is 13.9. The van der Waals surface area contributed by atoms with Crippen molar-refractivity contribution in [2.24, 2.45) is 0 Å².